The van der Waals surface area contributed by atoms with Crippen LogP contribution in [0, 0.1) is 0 Å². The number of aromatic nitrogens is 2. The van der Waals surface area contributed by atoms with Gasteiger partial charge in [-0.05, 0) is 36.8 Å². The number of imidazole rings is 1. The van der Waals surface area contributed by atoms with Crippen molar-refractivity contribution in [2.45, 2.75) is 26.2 Å². The van der Waals surface area contributed by atoms with Crippen molar-refractivity contribution in [2.75, 3.05) is 6.54 Å². The number of para-hydroxylation sites is 2. The van der Waals surface area contributed by atoms with E-state index in [-0.39, 0.29) is 23.5 Å². The highest BCUT2D eigenvalue weighted by atomic mass is 19.4. The fraction of sp³-hybridized carbons (Fsp3) is 0.250. The first-order valence-corrected chi connectivity index (χ1v) is 8.96. The molecule has 0 fully saturated rings. The molecule has 3 aromatic rings. The minimum absolute atomic E-state index is 0.0834. The van der Waals surface area contributed by atoms with Gasteiger partial charge in [-0.25, -0.2) is 4.98 Å². The average molecular weight is 404 g/mol. The highest BCUT2D eigenvalue weighted by molar-refractivity contribution is 5.94. The van der Waals surface area contributed by atoms with E-state index in [1.54, 1.807) is 43.3 Å². The van der Waals surface area contributed by atoms with Crippen molar-refractivity contribution in [1.82, 2.24) is 20.2 Å². The second kappa shape index (κ2) is 8.34. The number of hydrogen-bond acceptors (Lipinski definition) is 3. The van der Waals surface area contributed by atoms with Crippen LogP contribution in [0.25, 0.3) is 11.0 Å². The lowest BCUT2D eigenvalue weighted by atomic mass is 10.1. The Kier molecular flexibility index (Phi) is 5.86. The summed E-state index contributed by atoms with van der Waals surface area (Å²) in [6.07, 6.45) is -4.68. The molecule has 9 heteroatoms. The molecule has 0 radical (unpaired) electrons. The van der Waals surface area contributed by atoms with E-state index in [0.717, 1.165) is 4.57 Å². The second-order valence-corrected chi connectivity index (χ2v) is 6.34. The van der Waals surface area contributed by atoms with Crippen molar-refractivity contribution in [1.29, 1.82) is 0 Å². The van der Waals surface area contributed by atoms with Gasteiger partial charge in [0.25, 0.3) is 5.91 Å². The smallest absolute Gasteiger partial charge is 0.352 e. The zero-order valence-electron chi connectivity index (χ0n) is 15.6. The van der Waals surface area contributed by atoms with Gasteiger partial charge in [-0.15, -0.1) is 0 Å². The SMILES string of the molecule is CCNC(=O)c1cccc(CNC(=O)Cn2c(C(F)(F)F)nc3ccccc32)c1. The molecule has 29 heavy (non-hydrogen) atoms. The van der Waals surface area contributed by atoms with Crippen molar-refractivity contribution in [3.05, 3.63) is 65.5 Å². The van der Waals surface area contributed by atoms with Crippen LogP contribution in [-0.2, 0) is 24.1 Å². The maximum absolute atomic E-state index is 13.3. The number of fused-ring (bicyclic) bond motifs is 1. The standard InChI is InChI=1S/C20H19F3N4O2/c1-2-24-18(29)14-7-5-6-13(10-14)11-25-17(28)12-27-16-9-4-3-8-15(16)26-19(27)20(21,22)23/h3-10H,2,11-12H2,1H3,(H,24,29)(H,25,28). The number of hydrogen-bond donors (Lipinski definition) is 2. The van der Waals surface area contributed by atoms with Crippen molar-refractivity contribution in [2.24, 2.45) is 0 Å². The number of rotatable bonds is 6. The third kappa shape index (κ3) is 4.74. The Morgan fingerprint density at radius 2 is 1.83 bits per heavy atom. The molecule has 0 saturated heterocycles. The topological polar surface area (TPSA) is 76.0 Å². The molecule has 2 amide bonds. The fourth-order valence-corrected chi connectivity index (χ4v) is 2.94. The molecule has 0 atom stereocenters. The van der Waals surface area contributed by atoms with Gasteiger partial charge < -0.3 is 15.2 Å². The van der Waals surface area contributed by atoms with Crippen LogP contribution >= 0.6 is 0 Å². The van der Waals surface area contributed by atoms with Crippen molar-refractivity contribution >= 4 is 22.8 Å². The zero-order chi connectivity index (χ0) is 21.0. The van der Waals surface area contributed by atoms with E-state index >= 15 is 0 Å². The van der Waals surface area contributed by atoms with Crippen LogP contribution in [0.3, 0.4) is 0 Å². The maximum Gasteiger partial charge on any atom is 0.449 e. The molecule has 0 unspecified atom stereocenters. The molecule has 0 spiro atoms. The summed E-state index contributed by atoms with van der Waals surface area (Å²) in [7, 11) is 0. The van der Waals surface area contributed by atoms with E-state index in [0.29, 0.717) is 17.7 Å². The quantitative estimate of drug-likeness (QED) is 0.663. The number of nitrogens with zero attached hydrogens (tertiary/aromatic N) is 2. The number of carbonyl (C=O) groups is 2. The summed E-state index contributed by atoms with van der Waals surface area (Å²) >= 11 is 0. The molecule has 6 nitrogen and oxygen atoms in total. The Hall–Kier alpha value is -3.36. The lowest BCUT2D eigenvalue weighted by Gasteiger charge is -2.12. The van der Waals surface area contributed by atoms with Gasteiger partial charge in [-0.2, -0.15) is 13.2 Å². The molecule has 0 aliphatic heterocycles. The molecule has 152 valence electrons. The Bertz CT molecular complexity index is 1040. The van der Waals surface area contributed by atoms with Gasteiger partial charge in [-0.1, -0.05) is 24.3 Å². The third-order valence-corrected chi connectivity index (χ3v) is 4.23. The number of carbonyl (C=O) groups excluding carboxylic acids is 2. The summed E-state index contributed by atoms with van der Waals surface area (Å²) in [4.78, 5) is 27.8. The van der Waals surface area contributed by atoms with Crippen LogP contribution in [0.2, 0.25) is 0 Å². The van der Waals surface area contributed by atoms with Crippen LogP contribution in [-0.4, -0.2) is 27.9 Å². The first-order valence-electron chi connectivity index (χ1n) is 8.96. The molecule has 2 N–H and O–H groups in total. The van der Waals surface area contributed by atoms with Gasteiger partial charge >= 0.3 is 6.18 Å². The molecular weight excluding hydrogens is 385 g/mol. The molecule has 0 aliphatic carbocycles. The third-order valence-electron chi connectivity index (χ3n) is 4.23. The van der Waals surface area contributed by atoms with Gasteiger partial charge in [0.05, 0.1) is 11.0 Å². The van der Waals surface area contributed by atoms with Gasteiger partial charge in [0.1, 0.15) is 6.54 Å². The highest BCUT2D eigenvalue weighted by Crippen LogP contribution is 2.31. The normalized spacial score (nSPS) is 11.4. The summed E-state index contributed by atoms with van der Waals surface area (Å²) in [5.41, 5.74) is 1.50. The molecule has 0 bridgehead atoms. The van der Waals surface area contributed by atoms with Crippen molar-refractivity contribution < 1.29 is 22.8 Å². The van der Waals surface area contributed by atoms with E-state index in [4.69, 9.17) is 0 Å². The maximum atomic E-state index is 13.3. The summed E-state index contributed by atoms with van der Waals surface area (Å²) in [6, 6.07) is 12.8. The minimum atomic E-state index is -4.68. The van der Waals surface area contributed by atoms with E-state index in [1.165, 1.54) is 12.1 Å². The van der Waals surface area contributed by atoms with E-state index in [1.807, 2.05) is 0 Å². The Balaban J connectivity index is 1.74. The molecule has 0 aliphatic rings. The Labute approximate surface area is 164 Å². The first kappa shape index (κ1) is 20.4. The average Bonchev–Trinajstić information content (AvgIpc) is 3.06. The van der Waals surface area contributed by atoms with Crippen LogP contribution in [0.1, 0.15) is 28.7 Å². The lowest BCUT2D eigenvalue weighted by molar-refractivity contribution is -0.147. The molecule has 1 heterocycles. The summed E-state index contributed by atoms with van der Waals surface area (Å²) < 4.78 is 40.8. The number of amides is 2. The molecule has 1 aromatic heterocycles. The molecular formula is C20H19F3N4O2. The fourth-order valence-electron chi connectivity index (χ4n) is 2.94. The van der Waals surface area contributed by atoms with Crippen LogP contribution < -0.4 is 10.6 Å². The van der Waals surface area contributed by atoms with Crippen LogP contribution in [0.5, 0.6) is 0 Å². The number of nitrogens with one attached hydrogen (secondary N) is 2. The van der Waals surface area contributed by atoms with Crippen LogP contribution in [0.4, 0.5) is 13.2 Å². The van der Waals surface area contributed by atoms with Gasteiger partial charge in [0.15, 0.2) is 0 Å². The second-order valence-electron chi connectivity index (χ2n) is 6.34. The Morgan fingerprint density at radius 3 is 2.55 bits per heavy atom. The largest absolute Gasteiger partial charge is 0.449 e. The summed E-state index contributed by atoms with van der Waals surface area (Å²) in [5, 5.41) is 5.27. The van der Waals surface area contributed by atoms with Crippen molar-refractivity contribution in [3.8, 4) is 0 Å². The van der Waals surface area contributed by atoms with E-state index < -0.39 is 24.5 Å². The van der Waals surface area contributed by atoms with E-state index in [9.17, 15) is 22.8 Å². The summed E-state index contributed by atoms with van der Waals surface area (Å²) in [5.74, 6) is -1.95. The Morgan fingerprint density at radius 1 is 1.07 bits per heavy atom. The minimum Gasteiger partial charge on any atom is -0.352 e. The summed E-state index contributed by atoms with van der Waals surface area (Å²) in [6.45, 7) is 1.85. The predicted octanol–water partition coefficient (Wildman–Crippen LogP) is 3.12. The molecule has 0 saturated carbocycles. The molecule has 3 rings (SSSR count). The van der Waals surface area contributed by atoms with Gasteiger partial charge in [0.2, 0.25) is 11.7 Å². The monoisotopic (exact) mass is 404 g/mol. The van der Waals surface area contributed by atoms with E-state index in [2.05, 4.69) is 15.6 Å². The van der Waals surface area contributed by atoms with Gasteiger partial charge in [-0.3, -0.25) is 9.59 Å². The van der Waals surface area contributed by atoms with Crippen LogP contribution in [0.15, 0.2) is 48.5 Å². The highest BCUT2D eigenvalue weighted by Gasteiger charge is 2.37. The molecule has 2 aromatic carbocycles. The van der Waals surface area contributed by atoms with Crippen molar-refractivity contribution in [3.63, 3.8) is 0 Å². The first-order chi connectivity index (χ1) is 13.8. The lowest BCUT2D eigenvalue weighted by Crippen LogP contribution is -2.29. The predicted molar refractivity (Wildman–Crippen MR) is 101 cm³/mol. The number of alkyl halides is 3. The number of halogens is 3. The zero-order valence-corrected chi connectivity index (χ0v) is 15.6. The van der Waals surface area contributed by atoms with Gasteiger partial charge in [0, 0.05) is 18.7 Å². The number of benzene rings is 2.